The third-order valence-electron chi connectivity index (χ3n) is 4.53. The predicted octanol–water partition coefficient (Wildman–Crippen LogP) is 3.34. The molecule has 0 radical (unpaired) electrons. The first kappa shape index (κ1) is 18.6. The molecule has 0 bridgehead atoms. The maximum atomic E-state index is 12.8. The maximum Gasteiger partial charge on any atom is 0.322 e. The summed E-state index contributed by atoms with van der Waals surface area (Å²) in [6.45, 7) is 0.519. The Kier molecular flexibility index (Phi) is 5.80. The third-order valence-corrected chi connectivity index (χ3v) is 4.53. The van der Waals surface area contributed by atoms with Gasteiger partial charge in [0.05, 0.1) is 25.6 Å². The van der Waals surface area contributed by atoms with E-state index in [-0.39, 0.29) is 11.9 Å². The zero-order chi connectivity index (χ0) is 19.2. The SMILES string of the molecule is COc1ccccc1NC(=O)C1CCCN1C(=O)Nc1ccccc1OC. The van der Waals surface area contributed by atoms with Crippen LogP contribution in [-0.4, -0.2) is 43.6 Å². The Labute approximate surface area is 158 Å². The molecule has 1 atom stereocenters. The number of likely N-dealkylation sites (tertiary alicyclic amines) is 1. The summed E-state index contributed by atoms with van der Waals surface area (Å²) in [7, 11) is 3.10. The lowest BCUT2D eigenvalue weighted by Gasteiger charge is -2.25. The van der Waals surface area contributed by atoms with Gasteiger partial charge in [-0.2, -0.15) is 0 Å². The van der Waals surface area contributed by atoms with Crippen LogP contribution in [0.15, 0.2) is 48.5 Å². The molecule has 0 aliphatic carbocycles. The lowest BCUT2D eigenvalue weighted by molar-refractivity contribution is -0.119. The van der Waals surface area contributed by atoms with Crippen molar-refractivity contribution in [1.82, 2.24) is 4.90 Å². The first-order chi connectivity index (χ1) is 13.1. The van der Waals surface area contributed by atoms with Gasteiger partial charge in [-0.25, -0.2) is 4.79 Å². The smallest absolute Gasteiger partial charge is 0.322 e. The number of ether oxygens (including phenoxy) is 2. The third kappa shape index (κ3) is 4.13. The molecule has 7 heteroatoms. The van der Waals surface area contributed by atoms with E-state index in [0.717, 1.165) is 6.42 Å². The van der Waals surface area contributed by atoms with Crippen LogP contribution in [-0.2, 0) is 4.79 Å². The van der Waals surface area contributed by atoms with Gasteiger partial charge in [0.25, 0.3) is 0 Å². The molecule has 3 rings (SSSR count). The highest BCUT2D eigenvalue weighted by Gasteiger charge is 2.34. The van der Waals surface area contributed by atoms with E-state index in [4.69, 9.17) is 9.47 Å². The number of carbonyl (C=O) groups excluding carboxylic acids is 2. The molecule has 142 valence electrons. The number of rotatable bonds is 5. The minimum absolute atomic E-state index is 0.229. The summed E-state index contributed by atoms with van der Waals surface area (Å²) in [4.78, 5) is 27.0. The molecule has 0 aromatic heterocycles. The predicted molar refractivity (Wildman–Crippen MR) is 103 cm³/mol. The Morgan fingerprint density at radius 2 is 1.48 bits per heavy atom. The summed E-state index contributed by atoms with van der Waals surface area (Å²) in [5.74, 6) is 0.918. The summed E-state index contributed by atoms with van der Waals surface area (Å²) >= 11 is 0. The number of benzene rings is 2. The molecule has 2 aromatic carbocycles. The quantitative estimate of drug-likeness (QED) is 0.847. The number of methoxy groups -OCH3 is 2. The molecule has 3 amide bonds. The van der Waals surface area contributed by atoms with Crippen LogP contribution in [0.25, 0.3) is 0 Å². The van der Waals surface area contributed by atoms with E-state index >= 15 is 0 Å². The monoisotopic (exact) mass is 369 g/mol. The van der Waals surface area contributed by atoms with Crippen LogP contribution in [0.2, 0.25) is 0 Å². The van der Waals surface area contributed by atoms with Gasteiger partial charge >= 0.3 is 6.03 Å². The molecule has 1 heterocycles. The minimum Gasteiger partial charge on any atom is -0.495 e. The minimum atomic E-state index is -0.537. The van der Waals surface area contributed by atoms with Crippen LogP contribution in [0.5, 0.6) is 11.5 Å². The van der Waals surface area contributed by atoms with Crippen LogP contribution in [0.1, 0.15) is 12.8 Å². The zero-order valence-electron chi connectivity index (χ0n) is 15.4. The highest BCUT2D eigenvalue weighted by molar-refractivity contribution is 6.00. The van der Waals surface area contributed by atoms with Gasteiger partial charge in [0.1, 0.15) is 17.5 Å². The molecule has 1 aliphatic rings. The lowest BCUT2D eigenvalue weighted by Crippen LogP contribution is -2.45. The van der Waals surface area contributed by atoms with Crippen LogP contribution in [0.4, 0.5) is 16.2 Å². The normalized spacial score (nSPS) is 15.9. The van der Waals surface area contributed by atoms with E-state index in [2.05, 4.69) is 10.6 Å². The summed E-state index contributed by atoms with van der Waals surface area (Å²) in [6, 6.07) is 13.5. The number of hydrogen-bond acceptors (Lipinski definition) is 4. The largest absolute Gasteiger partial charge is 0.495 e. The standard InChI is InChI=1S/C20H23N3O4/c1-26-17-11-5-3-8-14(17)21-19(24)16-10-7-13-23(16)20(25)22-15-9-4-6-12-18(15)27-2/h3-6,8-9,11-12,16H,7,10,13H2,1-2H3,(H,21,24)(H,22,25). The van der Waals surface area contributed by atoms with Crippen molar-refractivity contribution in [3.63, 3.8) is 0 Å². The van der Waals surface area contributed by atoms with E-state index in [0.29, 0.717) is 35.8 Å². The molecule has 0 saturated carbocycles. The van der Waals surface area contributed by atoms with Crippen molar-refractivity contribution in [1.29, 1.82) is 0 Å². The summed E-state index contributed by atoms with van der Waals surface area (Å²) < 4.78 is 10.5. The molecule has 2 N–H and O–H groups in total. The Bertz CT molecular complexity index is 757. The van der Waals surface area contributed by atoms with Crippen molar-refractivity contribution in [3.05, 3.63) is 48.5 Å². The van der Waals surface area contributed by atoms with Gasteiger partial charge in [0.2, 0.25) is 5.91 Å². The van der Waals surface area contributed by atoms with Crippen molar-refractivity contribution < 1.29 is 19.1 Å². The fraction of sp³-hybridized carbons (Fsp3) is 0.300. The fourth-order valence-electron chi connectivity index (χ4n) is 3.18. The fourth-order valence-corrected chi connectivity index (χ4v) is 3.18. The van der Waals surface area contributed by atoms with Crippen molar-refractivity contribution in [2.75, 3.05) is 31.4 Å². The highest BCUT2D eigenvalue weighted by atomic mass is 16.5. The number of urea groups is 1. The van der Waals surface area contributed by atoms with Crippen LogP contribution >= 0.6 is 0 Å². The van der Waals surface area contributed by atoms with Crippen molar-refractivity contribution in [2.45, 2.75) is 18.9 Å². The summed E-state index contributed by atoms with van der Waals surface area (Å²) in [5, 5.41) is 5.70. The molecule has 27 heavy (non-hydrogen) atoms. The number of hydrogen-bond donors (Lipinski definition) is 2. The number of anilines is 2. The van der Waals surface area contributed by atoms with E-state index in [1.807, 2.05) is 24.3 Å². The Morgan fingerprint density at radius 3 is 2.07 bits per heavy atom. The molecule has 1 unspecified atom stereocenters. The number of nitrogens with zero attached hydrogens (tertiary/aromatic N) is 1. The molecule has 2 aromatic rings. The second-order valence-electron chi connectivity index (χ2n) is 6.17. The Hall–Kier alpha value is -3.22. The Morgan fingerprint density at radius 1 is 0.926 bits per heavy atom. The second kappa shape index (κ2) is 8.44. The average Bonchev–Trinajstić information content (AvgIpc) is 3.19. The molecule has 7 nitrogen and oxygen atoms in total. The number of para-hydroxylation sites is 4. The molecular weight excluding hydrogens is 346 g/mol. The van der Waals surface area contributed by atoms with Gasteiger partial charge in [-0.1, -0.05) is 24.3 Å². The van der Waals surface area contributed by atoms with E-state index in [9.17, 15) is 9.59 Å². The van der Waals surface area contributed by atoms with Crippen molar-refractivity contribution >= 4 is 23.3 Å². The molecular formula is C20H23N3O4. The first-order valence-electron chi connectivity index (χ1n) is 8.78. The van der Waals surface area contributed by atoms with Gasteiger partial charge in [0.15, 0.2) is 0 Å². The summed E-state index contributed by atoms with van der Waals surface area (Å²) in [6.07, 6.45) is 1.38. The van der Waals surface area contributed by atoms with Gasteiger partial charge in [-0.3, -0.25) is 4.79 Å². The second-order valence-corrected chi connectivity index (χ2v) is 6.17. The average molecular weight is 369 g/mol. The van der Waals surface area contributed by atoms with Gasteiger partial charge in [0, 0.05) is 6.54 Å². The van der Waals surface area contributed by atoms with Gasteiger partial charge < -0.3 is 25.0 Å². The zero-order valence-corrected chi connectivity index (χ0v) is 15.4. The van der Waals surface area contributed by atoms with Crippen LogP contribution in [0, 0.1) is 0 Å². The molecule has 0 spiro atoms. The number of nitrogens with one attached hydrogen (secondary N) is 2. The number of carbonyl (C=O) groups is 2. The molecule has 1 aliphatic heterocycles. The highest BCUT2D eigenvalue weighted by Crippen LogP contribution is 2.27. The first-order valence-corrected chi connectivity index (χ1v) is 8.78. The van der Waals surface area contributed by atoms with E-state index in [1.54, 1.807) is 43.4 Å². The topological polar surface area (TPSA) is 79.9 Å². The van der Waals surface area contributed by atoms with Crippen molar-refractivity contribution in [2.24, 2.45) is 0 Å². The summed E-state index contributed by atoms with van der Waals surface area (Å²) in [5.41, 5.74) is 1.16. The van der Waals surface area contributed by atoms with Crippen LogP contribution < -0.4 is 20.1 Å². The lowest BCUT2D eigenvalue weighted by atomic mass is 10.2. The van der Waals surface area contributed by atoms with Gasteiger partial charge in [-0.05, 0) is 37.1 Å². The maximum absolute atomic E-state index is 12.8. The van der Waals surface area contributed by atoms with Crippen LogP contribution in [0.3, 0.4) is 0 Å². The Balaban J connectivity index is 1.70. The van der Waals surface area contributed by atoms with Crippen molar-refractivity contribution in [3.8, 4) is 11.5 Å². The van der Waals surface area contributed by atoms with E-state index < -0.39 is 6.04 Å². The molecule has 1 fully saturated rings. The number of amides is 3. The van der Waals surface area contributed by atoms with E-state index in [1.165, 1.54) is 0 Å². The molecule has 1 saturated heterocycles. The van der Waals surface area contributed by atoms with Gasteiger partial charge in [-0.15, -0.1) is 0 Å².